The molecule has 142 valence electrons. The van der Waals surface area contributed by atoms with Gasteiger partial charge in [-0.15, -0.1) is 0 Å². The average molecular weight is 394 g/mol. The number of anilines is 1. The predicted molar refractivity (Wildman–Crippen MR) is 105 cm³/mol. The molecule has 1 atom stereocenters. The Bertz CT molecular complexity index is 1150. The van der Waals surface area contributed by atoms with Gasteiger partial charge in [-0.1, -0.05) is 48.5 Å². The van der Waals surface area contributed by atoms with Crippen LogP contribution in [0.5, 0.6) is 0 Å². The first-order valence-electron chi connectivity index (χ1n) is 8.72. The standard InChI is InChI=1S/C21H18N2O4S/c1-15(16-9-4-2-5-10-16)22-20-21(23-19(27-20)18-13-8-14-26-18)28(24,25)17-11-6-3-7-12-17/h2-15,22H,1H3. The molecule has 2 heterocycles. The summed E-state index contributed by atoms with van der Waals surface area (Å²) in [7, 11) is -3.88. The van der Waals surface area contributed by atoms with Crippen LogP contribution in [0.1, 0.15) is 18.5 Å². The van der Waals surface area contributed by atoms with Gasteiger partial charge in [0.25, 0.3) is 5.89 Å². The molecule has 0 saturated heterocycles. The molecule has 0 aliphatic rings. The van der Waals surface area contributed by atoms with Gasteiger partial charge in [0, 0.05) is 0 Å². The molecule has 0 saturated carbocycles. The van der Waals surface area contributed by atoms with E-state index in [1.54, 1.807) is 30.3 Å². The third kappa shape index (κ3) is 3.44. The van der Waals surface area contributed by atoms with Crippen molar-refractivity contribution in [2.45, 2.75) is 22.9 Å². The average Bonchev–Trinajstić information content (AvgIpc) is 3.39. The third-order valence-electron chi connectivity index (χ3n) is 4.28. The number of benzene rings is 2. The topological polar surface area (TPSA) is 85.3 Å². The Kier molecular flexibility index (Phi) is 4.75. The van der Waals surface area contributed by atoms with Gasteiger partial charge in [-0.05, 0) is 36.8 Å². The van der Waals surface area contributed by atoms with Gasteiger partial charge in [0.1, 0.15) is 0 Å². The van der Waals surface area contributed by atoms with E-state index in [9.17, 15) is 8.42 Å². The van der Waals surface area contributed by atoms with Crippen molar-refractivity contribution in [2.75, 3.05) is 5.32 Å². The molecule has 0 bridgehead atoms. The fourth-order valence-corrected chi connectivity index (χ4v) is 4.10. The van der Waals surface area contributed by atoms with Gasteiger partial charge in [-0.3, -0.25) is 0 Å². The van der Waals surface area contributed by atoms with Crippen LogP contribution in [0, 0.1) is 0 Å². The van der Waals surface area contributed by atoms with Gasteiger partial charge in [-0.2, -0.15) is 4.98 Å². The number of sulfone groups is 1. The number of nitrogens with zero attached hydrogens (tertiary/aromatic N) is 1. The summed E-state index contributed by atoms with van der Waals surface area (Å²) in [6.45, 7) is 1.92. The van der Waals surface area contributed by atoms with E-state index in [4.69, 9.17) is 8.83 Å². The maximum atomic E-state index is 13.2. The van der Waals surface area contributed by atoms with Crippen LogP contribution in [0.2, 0.25) is 0 Å². The van der Waals surface area contributed by atoms with Gasteiger partial charge < -0.3 is 14.2 Å². The van der Waals surface area contributed by atoms with E-state index in [-0.39, 0.29) is 27.7 Å². The van der Waals surface area contributed by atoms with E-state index in [1.165, 1.54) is 18.4 Å². The molecule has 0 aliphatic heterocycles. The van der Waals surface area contributed by atoms with Gasteiger partial charge in [-0.25, -0.2) is 8.42 Å². The molecule has 0 fully saturated rings. The summed E-state index contributed by atoms with van der Waals surface area (Å²) >= 11 is 0. The molecule has 4 rings (SSSR count). The van der Waals surface area contributed by atoms with Gasteiger partial charge >= 0.3 is 0 Å². The Morgan fingerprint density at radius 3 is 2.25 bits per heavy atom. The summed E-state index contributed by atoms with van der Waals surface area (Å²) in [5.41, 5.74) is 0.988. The smallest absolute Gasteiger partial charge is 0.266 e. The zero-order valence-electron chi connectivity index (χ0n) is 15.1. The molecule has 0 aliphatic carbocycles. The van der Waals surface area contributed by atoms with Crippen molar-refractivity contribution in [1.29, 1.82) is 0 Å². The molecule has 2 aromatic carbocycles. The number of hydrogen-bond donors (Lipinski definition) is 1. The van der Waals surface area contributed by atoms with Crippen LogP contribution in [-0.4, -0.2) is 13.4 Å². The lowest BCUT2D eigenvalue weighted by Crippen LogP contribution is -2.10. The molecule has 28 heavy (non-hydrogen) atoms. The predicted octanol–water partition coefficient (Wildman–Crippen LogP) is 4.94. The zero-order chi connectivity index (χ0) is 19.6. The maximum Gasteiger partial charge on any atom is 0.266 e. The van der Waals surface area contributed by atoms with E-state index < -0.39 is 9.84 Å². The second-order valence-electron chi connectivity index (χ2n) is 6.22. The summed E-state index contributed by atoms with van der Waals surface area (Å²) in [4.78, 5) is 4.38. The first-order valence-corrected chi connectivity index (χ1v) is 10.2. The van der Waals surface area contributed by atoms with Crippen LogP contribution in [0.3, 0.4) is 0 Å². The van der Waals surface area contributed by atoms with Gasteiger partial charge in [0.2, 0.25) is 20.7 Å². The molecule has 4 aromatic rings. The van der Waals surface area contributed by atoms with E-state index in [1.807, 2.05) is 37.3 Å². The minimum atomic E-state index is -3.88. The van der Waals surface area contributed by atoms with Crippen molar-refractivity contribution in [3.63, 3.8) is 0 Å². The lowest BCUT2D eigenvalue weighted by atomic mass is 10.1. The molecule has 1 N–H and O–H groups in total. The molecular formula is C21H18N2O4S. The van der Waals surface area contributed by atoms with Crippen molar-refractivity contribution >= 4 is 15.7 Å². The van der Waals surface area contributed by atoms with E-state index in [0.29, 0.717) is 5.76 Å². The minimum absolute atomic E-state index is 0.0756. The summed E-state index contributed by atoms with van der Waals surface area (Å²) in [5, 5.41) is 2.96. The van der Waals surface area contributed by atoms with E-state index in [0.717, 1.165) is 5.56 Å². The fourth-order valence-electron chi connectivity index (χ4n) is 2.82. The number of aromatic nitrogens is 1. The Morgan fingerprint density at radius 2 is 1.61 bits per heavy atom. The number of rotatable bonds is 6. The van der Waals surface area contributed by atoms with Crippen LogP contribution in [0.25, 0.3) is 11.7 Å². The van der Waals surface area contributed by atoms with Gasteiger partial charge in [0.15, 0.2) is 5.76 Å². The SMILES string of the molecule is CC(Nc1oc(-c2ccco2)nc1S(=O)(=O)c1ccccc1)c1ccccc1. The van der Waals surface area contributed by atoms with Crippen molar-refractivity contribution in [3.05, 3.63) is 84.6 Å². The minimum Gasteiger partial charge on any atom is -0.459 e. The summed E-state index contributed by atoms with van der Waals surface area (Å²) in [6, 6.07) is 21.0. The molecule has 0 spiro atoms. The molecule has 1 unspecified atom stereocenters. The summed E-state index contributed by atoms with van der Waals surface area (Å²) < 4.78 is 37.4. The molecule has 7 heteroatoms. The Hall–Kier alpha value is -3.32. The quantitative estimate of drug-likeness (QED) is 0.498. The first-order chi connectivity index (χ1) is 13.6. The fraction of sp³-hybridized carbons (Fsp3) is 0.0952. The normalized spacial score (nSPS) is 12.6. The lowest BCUT2D eigenvalue weighted by molar-refractivity contribution is 0.520. The highest BCUT2D eigenvalue weighted by Gasteiger charge is 2.29. The van der Waals surface area contributed by atoms with Crippen molar-refractivity contribution in [2.24, 2.45) is 0 Å². The zero-order valence-corrected chi connectivity index (χ0v) is 15.9. The molecule has 6 nitrogen and oxygen atoms in total. The van der Waals surface area contributed by atoms with Crippen LogP contribution in [0.15, 0.2) is 97.8 Å². The summed E-state index contributed by atoms with van der Waals surface area (Å²) in [6.07, 6.45) is 1.48. The number of furan rings is 1. The van der Waals surface area contributed by atoms with E-state index >= 15 is 0 Å². The monoisotopic (exact) mass is 394 g/mol. The maximum absolute atomic E-state index is 13.2. The number of hydrogen-bond acceptors (Lipinski definition) is 6. The number of oxazole rings is 1. The van der Waals surface area contributed by atoms with Crippen molar-refractivity contribution in [1.82, 2.24) is 4.98 Å². The van der Waals surface area contributed by atoms with Gasteiger partial charge in [0.05, 0.1) is 17.2 Å². The molecule has 2 aromatic heterocycles. The van der Waals surface area contributed by atoms with E-state index in [2.05, 4.69) is 10.3 Å². The largest absolute Gasteiger partial charge is 0.459 e. The second-order valence-corrected chi connectivity index (χ2v) is 8.09. The molecular weight excluding hydrogens is 376 g/mol. The Morgan fingerprint density at radius 1 is 0.929 bits per heavy atom. The van der Waals surface area contributed by atoms with Crippen LogP contribution < -0.4 is 5.32 Å². The second kappa shape index (κ2) is 7.36. The molecule has 0 amide bonds. The highest BCUT2D eigenvalue weighted by Crippen LogP contribution is 2.34. The molecule has 0 radical (unpaired) electrons. The third-order valence-corrected chi connectivity index (χ3v) is 5.96. The van der Waals surface area contributed by atoms with Crippen molar-refractivity contribution < 1.29 is 17.3 Å². The van der Waals surface area contributed by atoms with Crippen molar-refractivity contribution in [3.8, 4) is 11.7 Å². The lowest BCUT2D eigenvalue weighted by Gasteiger charge is -2.14. The Balaban J connectivity index is 1.78. The van der Waals surface area contributed by atoms with Crippen LogP contribution in [0.4, 0.5) is 5.88 Å². The number of nitrogens with one attached hydrogen (secondary N) is 1. The highest BCUT2D eigenvalue weighted by atomic mass is 32.2. The van der Waals surface area contributed by atoms with Crippen LogP contribution in [-0.2, 0) is 9.84 Å². The summed E-state index contributed by atoms with van der Waals surface area (Å²) in [5.74, 6) is 0.527. The Labute approximate surface area is 162 Å². The van der Waals surface area contributed by atoms with Crippen LogP contribution >= 0.6 is 0 Å². The first kappa shape index (κ1) is 18.1. The highest BCUT2D eigenvalue weighted by molar-refractivity contribution is 7.91.